The Morgan fingerprint density at radius 3 is 2.09 bits per heavy atom. The van der Waals surface area contributed by atoms with Gasteiger partial charge < -0.3 is 54.0 Å². The molecule has 0 aromatic rings. The van der Waals surface area contributed by atoms with Gasteiger partial charge in [-0.05, 0) is 57.4 Å². The Balaban J connectivity index is 3.04. The van der Waals surface area contributed by atoms with E-state index < -0.39 is 78.1 Å². The SMILES string of the molecule is CC(C)[C@H](NC(=O)[C@H](CC(=O)O)NC(=O)[C@H](CCCCN)NC(=O)[C@@H](N)CCCN=C(N)N)C(=O)N1CCC[C@H]1C(=O)O. The van der Waals surface area contributed by atoms with E-state index >= 15 is 0 Å². The van der Waals surface area contributed by atoms with Crippen molar-refractivity contribution >= 4 is 41.5 Å². The minimum atomic E-state index is -1.60. The molecule has 0 aliphatic carbocycles. The summed E-state index contributed by atoms with van der Waals surface area (Å²) in [4.78, 5) is 80.6. The topological polar surface area (TPSA) is 299 Å². The maximum atomic E-state index is 13.3. The van der Waals surface area contributed by atoms with Gasteiger partial charge in [-0.2, -0.15) is 0 Å². The van der Waals surface area contributed by atoms with E-state index in [2.05, 4.69) is 20.9 Å². The van der Waals surface area contributed by atoms with Crippen LogP contribution in [0.25, 0.3) is 0 Å². The summed E-state index contributed by atoms with van der Waals surface area (Å²) >= 11 is 0. The molecular weight excluding hydrogens is 566 g/mol. The van der Waals surface area contributed by atoms with Crippen LogP contribution in [0, 0.1) is 5.92 Å². The van der Waals surface area contributed by atoms with E-state index in [1.165, 1.54) is 4.90 Å². The Morgan fingerprint density at radius 2 is 1.53 bits per heavy atom. The van der Waals surface area contributed by atoms with Crippen LogP contribution in [0.15, 0.2) is 4.99 Å². The number of unbranched alkanes of at least 4 members (excludes halogenated alkanes) is 1. The van der Waals surface area contributed by atoms with Crippen LogP contribution in [0.3, 0.4) is 0 Å². The Labute approximate surface area is 250 Å². The maximum Gasteiger partial charge on any atom is 0.326 e. The first-order chi connectivity index (χ1) is 20.2. The Kier molecular flexibility index (Phi) is 16.0. The molecule has 4 amide bonds. The Hall–Kier alpha value is -3.99. The summed E-state index contributed by atoms with van der Waals surface area (Å²) in [6.45, 7) is 4.07. The zero-order valence-corrected chi connectivity index (χ0v) is 24.8. The van der Waals surface area contributed by atoms with E-state index in [0.717, 1.165) is 0 Å². The molecule has 244 valence electrons. The van der Waals surface area contributed by atoms with Crippen LogP contribution in [0.5, 0.6) is 0 Å². The summed E-state index contributed by atoms with van der Waals surface area (Å²) in [6.07, 6.45) is 1.67. The molecule has 0 unspecified atom stereocenters. The number of hydrogen-bond donors (Lipinski definition) is 9. The van der Waals surface area contributed by atoms with Gasteiger partial charge in [0.1, 0.15) is 24.2 Å². The number of hydrogen-bond acceptors (Lipinski definition) is 9. The van der Waals surface area contributed by atoms with Crippen LogP contribution in [-0.2, 0) is 28.8 Å². The fourth-order valence-corrected chi connectivity index (χ4v) is 4.58. The average Bonchev–Trinajstić information content (AvgIpc) is 3.42. The highest BCUT2D eigenvalue weighted by molar-refractivity contribution is 5.97. The number of aliphatic carboxylic acids is 2. The number of nitrogens with two attached hydrogens (primary N) is 4. The van der Waals surface area contributed by atoms with Crippen molar-refractivity contribution in [2.24, 2.45) is 33.8 Å². The van der Waals surface area contributed by atoms with Crippen LogP contribution in [0.1, 0.15) is 65.2 Å². The monoisotopic (exact) mass is 613 g/mol. The number of guanidine groups is 1. The van der Waals surface area contributed by atoms with Crippen molar-refractivity contribution in [2.75, 3.05) is 19.6 Å². The van der Waals surface area contributed by atoms with E-state index in [1.807, 2.05) is 0 Å². The zero-order valence-electron chi connectivity index (χ0n) is 24.8. The van der Waals surface area contributed by atoms with Gasteiger partial charge in [-0.25, -0.2) is 4.79 Å². The first kappa shape index (κ1) is 37.0. The Bertz CT molecular complexity index is 1020. The third-order valence-corrected chi connectivity index (χ3v) is 6.95. The molecule has 0 radical (unpaired) electrons. The van der Waals surface area contributed by atoms with Gasteiger partial charge in [0.15, 0.2) is 5.96 Å². The highest BCUT2D eigenvalue weighted by Gasteiger charge is 2.39. The van der Waals surface area contributed by atoms with E-state index in [9.17, 15) is 39.0 Å². The van der Waals surface area contributed by atoms with Crippen LogP contribution >= 0.6 is 0 Å². The molecular formula is C26H47N9O8. The van der Waals surface area contributed by atoms with E-state index in [0.29, 0.717) is 32.2 Å². The maximum absolute atomic E-state index is 13.3. The lowest BCUT2D eigenvalue weighted by Crippen LogP contribution is -2.59. The van der Waals surface area contributed by atoms with Crippen molar-refractivity contribution < 1.29 is 39.0 Å². The van der Waals surface area contributed by atoms with Gasteiger partial charge in [0, 0.05) is 13.1 Å². The molecule has 1 fully saturated rings. The number of nitrogens with one attached hydrogen (secondary N) is 3. The van der Waals surface area contributed by atoms with Gasteiger partial charge in [-0.3, -0.25) is 29.0 Å². The number of rotatable bonds is 19. The molecule has 0 bridgehead atoms. The molecule has 5 atom stereocenters. The molecule has 1 aliphatic rings. The van der Waals surface area contributed by atoms with Gasteiger partial charge in [-0.15, -0.1) is 0 Å². The predicted molar refractivity (Wildman–Crippen MR) is 156 cm³/mol. The second kappa shape index (κ2) is 18.5. The zero-order chi connectivity index (χ0) is 32.7. The number of amides is 4. The summed E-state index contributed by atoms with van der Waals surface area (Å²) < 4.78 is 0. The van der Waals surface area contributed by atoms with Crippen molar-refractivity contribution in [1.82, 2.24) is 20.9 Å². The van der Waals surface area contributed by atoms with Crippen molar-refractivity contribution in [3.63, 3.8) is 0 Å². The summed E-state index contributed by atoms with van der Waals surface area (Å²) in [5.74, 6) is -6.16. The minimum absolute atomic E-state index is 0.0980. The van der Waals surface area contributed by atoms with Crippen molar-refractivity contribution in [1.29, 1.82) is 0 Å². The standard InChI is InChI=1S/C26H47N9O8/c1-14(2)20(24(41)35-12-6-9-18(35)25(42)43)34-23(40)17(13-19(36)37)33-22(39)16(8-3-4-10-27)32-21(38)15(28)7-5-11-31-26(29)30/h14-18,20H,3-13,27-28H2,1-2H3,(H,32,38)(H,33,39)(H,34,40)(H,36,37)(H,42,43)(H4,29,30,31)/t15-,16-,17-,18-,20-/m0/s1. The van der Waals surface area contributed by atoms with Gasteiger partial charge >= 0.3 is 11.9 Å². The molecule has 1 heterocycles. The fraction of sp³-hybridized carbons (Fsp3) is 0.731. The number of nitrogens with zero attached hydrogens (tertiary/aromatic N) is 2. The second-order valence-electron chi connectivity index (χ2n) is 10.8. The van der Waals surface area contributed by atoms with Gasteiger partial charge in [0.05, 0.1) is 12.5 Å². The normalized spacial score (nSPS) is 17.3. The highest BCUT2D eigenvalue weighted by atomic mass is 16.4. The van der Waals surface area contributed by atoms with Crippen LogP contribution in [0.2, 0.25) is 0 Å². The number of carboxylic acids is 2. The number of likely N-dealkylation sites (tertiary alicyclic amines) is 1. The third-order valence-electron chi connectivity index (χ3n) is 6.95. The van der Waals surface area contributed by atoms with Crippen LogP contribution < -0.4 is 38.9 Å². The van der Waals surface area contributed by atoms with Gasteiger partial charge in [0.25, 0.3) is 0 Å². The molecule has 13 N–H and O–H groups in total. The quantitative estimate of drug-likeness (QED) is 0.0404. The lowest BCUT2D eigenvalue weighted by atomic mass is 10.0. The molecule has 0 saturated carbocycles. The fourth-order valence-electron chi connectivity index (χ4n) is 4.58. The molecule has 1 aliphatic heterocycles. The molecule has 43 heavy (non-hydrogen) atoms. The largest absolute Gasteiger partial charge is 0.481 e. The molecule has 1 rings (SSSR count). The minimum Gasteiger partial charge on any atom is -0.481 e. The summed E-state index contributed by atoms with van der Waals surface area (Å²) in [5.41, 5.74) is 22.1. The number of aliphatic imine (C=N–C) groups is 1. The molecule has 0 aromatic heterocycles. The first-order valence-corrected chi connectivity index (χ1v) is 14.4. The Morgan fingerprint density at radius 1 is 0.907 bits per heavy atom. The third kappa shape index (κ3) is 12.8. The number of carbonyl (C=O) groups is 6. The predicted octanol–water partition coefficient (Wildman–Crippen LogP) is -2.84. The van der Waals surface area contributed by atoms with Crippen molar-refractivity contribution in [2.45, 2.75) is 95.4 Å². The van der Waals surface area contributed by atoms with E-state index in [4.69, 9.17) is 22.9 Å². The molecule has 0 spiro atoms. The molecule has 1 saturated heterocycles. The number of carboxylic acid groups (broad SMARTS) is 2. The first-order valence-electron chi connectivity index (χ1n) is 14.4. The second-order valence-corrected chi connectivity index (χ2v) is 10.8. The van der Waals surface area contributed by atoms with Crippen LogP contribution in [0.4, 0.5) is 0 Å². The van der Waals surface area contributed by atoms with Crippen LogP contribution in [-0.4, -0.2) is 106 Å². The molecule has 17 heteroatoms. The van der Waals surface area contributed by atoms with Crippen molar-refractivity contribution in [3.8, 4) is 0 Å². The molecule has 0 aromatic carbocycles. The van der Waals surface area contributed by atoms with Gasteiger partial charge in [-0.1, -0.05) is 13.8 Å². The van der Waals surface area contributed by atoms with Gasteiger partial charge in [0.2, 0.25) is 23.6 Å². The average molecular weight is 614 g/mol. The summed E-state index contributed by atoms with van der Waals surface area (Å²) in [6, 6.07) is -5.95. The van der Waals surface area contributed by atoms with Crippen molar-refractivity contribution in [3.05, 3.63) is 0 Å². The van der Waals surface area contributed by atoms with E-state index in [1.54, 1.807) is 13.8 Å². The summed E-state index contributed by atoms with van der Waals surface area (Å²) in [5, 5.41) is 26.3. The molecule has 17 nitrogen and oxygen atoms in total. The number of carbonyl (C=O) groups excluding carboxylic acids is 4. The summed E-state index contributed by atoms with van der Waals surface area (Å²) in [7, 11) is 0. The lowest BCUT2D eigenvalue weighted by molar-refractivity contribution is -0.150. The highest BCUT2D eigenvalue weighted by Crippen LogP contribution is 2.20. The van der Waals surface area contributed by atoms with E-state index in [-0.39, 0.29) is 38.3 Å². The lowest BCUT2D eigenvalue weighted by Gasteiger charge is -2.30. The smallest absolute Gasteiger partial charge is 0.326 e.